The smallest absolute Gasteiger partial charge is 0.257 e. The van der Waals surface area contributed by atoms with Gasteiger partial charge in [0.05, 0.1) is 6.20 Å². The van der Waals surface area contributed by atoms with Gasteiger partial charge in [0.1, 0.15) is 5.82 Å². The molecule has 0 radical (unpaired) electrons. The van der Waals surface area contributed by atoms with E-state index in [1.54, 1.807) is 0 Å². The second-order valence-corrected chi connectivity index (χ2v) is 5.65. The molecule has 0 atom stereocenters. The maximum absolute atomic E-state index is 11.8. The van der Waals surface area contributed by atoms with Crippen molar-refractivity contribution in [3.8, 4) is 0 Å². The van der Waals surface area contributed by atoms with Crippen LogP contribution in [0.25, 0.3) is 0 Å². The van der Waals surface area contributed by atoms with E-state index in [1.165, 1.54) is 6.20 Å². The Kier molecular flexibility index (Phi) is 6.31. The van der Waals surface area contributed by atoms with Gasteiger partial charge in [-0.3, -0.25) is 0 Å². The van der Waals surface area contributed by atoms with Gasteiger partial charge in [-0.2, -0.15) is 0 Å². The van der Waals surface area contributed by atoms with Gasteiger partial charge in [0.2, 0.25) is 0 Å². The highest BCUT2D eigenvalue weighted by Crippen LogP contribution is 2.05. The van der Waals surface area contributed by atoms with Crippen LogP contribution in [0.5, 0.6) is 0 Å². The molecule has 0 saturated carbocycles. The third kappa shape index (κ3) is 4.75. The van der Waals surface area contributed by atoms with Crippen molar-refractivity contribution in [2.45, 2.75) is 38.1 Å². The Bertz CT molecular complexity index is 442. The third-order valence-electron chi connectivity index (χ3n) is 2.34. The van der Waals surface area contributed by atoms with E-state index in [2.05, 4.69) is 14.7 Å². The van der Waals surface area contributed by atoms with Gasteiger partial charge in [-0.15, -0.1) is 0 Å². The van der Waals surface area contributed by atoms with E-state index < -0.39 is 10.0 Å². The number of hydrogen-bond donors (Lipinski definition) is 2. The first-order valence-corrected chi connectivity index (χ1v) is 7.69. The van der Waals surface area contributed by atoms with Gasteiger partial charge in [0, 0.05) is 26.2 Å². The highest BCUT2D eigenvalue weighted by atomic mass is 32.2. The number of nitrogens with one attached hydrogen (secondary N) is 2. The zero-order chi connectivity index (χ0) is 13.4. The Morgan fingerprint density at radius 1 is 1.39 bits per heavy atom. The van der Waals surface area contributed by atoms with Gasteiger partial charge in [-0.05, 0) is 12.8 Å². The normalized spacial score (nSPS) is 11.9. The van der Waals surface area contributed by atoms with Crippen molar-refractivity contribution in [3.63, 3.8) is 0 Å². The molecule has 6 nitrogen and oxygen atoms in total. The maximum Gasteiger partial charge on any atom is 0.257 e. The number of imidazole rings is 1. The number of sulfonamides is 1. The van der Waals surface area contributed by atoms with Gasteiger partial charge in [-0.25, -0.2) is 18.1 Å². The lowest BCUT2D eigenvalue weighted by molar-refractivity contribution is 0.133. The molecule has 0 unspecified atom stereocenters. The molecule has 0 aliphatic rings. The van der Waals surface area contributed by atoms with E-state index in [-0.39, 0.29) is 5.03 Å². The zero-order valence-corrected chi connectivity index (χ0v) is 11.7. The summed E-state index contributed by atoms with van der Waals surface area (Å²) in [5.41, 5.74) is 0. The van der Waals surface area contributed by atoms with E-state index in [1.807, 2.05) is 13.8 Å². The molecular formula is C11H21N3O3S. The Morgan fingerprint density at radius 3 is 2.78 bits per heavy atom. The van der Waals surface area contributed by atoms with Crippen LogP contribution in [-0.4, -0.2) is 38.1 Å². The Morgan fingerprint density at radius 2 is 2.17 bits per heavy atom. The summed E-state index contributed by atoms with van der Waals surface area (Å²) in [5.74, 6) is 0.668. The van der Waals surface area contributed by atoms with Gasteiger partial charge >= 0.3 is 0 Å². The second-order valence-electron chi connectivity index (χ2n) is 3.91. The van der Waals surface area contributed by atoms with Gasteiger partial charge < -0.3 is 9.72 Å². The van der Waals surface area contributed by atoms with Crippen molar-refractivity contribution < 1.29 is 13.2 Å². The van der Waals surface area contributed by atoms with Crippen LogP contribution in [0.1, 0.15) is 32.5 Å². The summed E-state index contributed by atoms with van der Waals surface area (Å²) in [7, 11) is -3.47. The number of hydrogen-bond acceptors (Lipinski definition) is 4. The lowest BCUT2D eigenvalue weighted by Crippen LogP contribution is -2.26. The summed E-state index contributed by atoms with van der Waals surface area (Å²) in [4.78, 5) is 6.74. The summed E-state index contributed by atoms with van der Waals surface area (Å²) in [6, 6.07) is 0. The predicted molar refractivity (Wildman–Crippen MR) is 68.9 cm³/mol. The van der Waals surface area contributed by atoms with Gasteiger partial charge in [0.15, 0.2) is 5.03 Å². The molecule has 18 heavy (non-hydrogen) atoms. The van der Waals surface area contributed by atoms with Gasteiger partial charge in [0.25, 0.3) is 10.0 Å². The molecule has 1 aromatic heterocycles. The lowest BCUT2D eigenvalue weighted by Gasteiger charge is -2.05. The molecule has 0 amide bonds. The van der Waals surface area contributed by atoms with E-state index in [9.17, 15) is 8.42 Å². The van der Waals surface area contributed by atoms with Crippen LogP contribution in [0, 0.1) is 0 Å². The second kappa shape index (κ2) is 7.50. The molecular weight excluding hydrogens is 254 g/mol. The average molecular weight is 275 g/mol. The molecule has 7 heteroatoms. The maximum atomic E-state index is 11.8. The molecule has 0 aromatic carbocycles. The molecule has 1 heterocycles. The summed E-state index contributed by atoms with van der Waals surface area (Å²) < 4.78 is 31.4. The Labute approximate surface area is 108 Å². The fourth-order valence-electron chi connectivity index (χ4n) is 1.36. The van der Waals surface area contributed by atoms with E-state index in [0.29, 0.717) is 38.4 Å². The fraction of sp³-hybridized carbons (Fsp3) is 0.727. The van der Waals surface area contributed by atoms with Crippen LogP contribution in [0.4, 0.5) is 0 Å². The van der Waals surface area contributed by atoms with Crippen LogP contribution in [0.15, 0.2) is 11.2 Å². The molecule has 104 valence electrons. The van der Waals surface area contributed by atoms with Crippen molar-refractivity contribution >= 4 is 10.0 Å². The highest BCUT2D eigenvalue weighted by molar-refractivity contribution is 7.89. The molecule has 1 aromatic rings. The van der Waals surface area contributed by atoms with Crippen molar-refractivity contribution in [1.82, 2.24) is 14.7 Å². The number of aryl methyl sites for hydroxylation is 1. The lowest BCUT2D eigenvalue weighted by atomic mass is 10.4. The van der Waals surface area contributed by atoms with Crippen LogP contribution in [0.2, 0.25) is 0 Å². The van der Waals surface area contributed by atoms with E-state index in [0.717, 1.165) is 6.42 Å². The van der Waals surface area contributed by atoms with Crippen molar-refractivity contribution in [2.24, 2.45) is 0 Å². The number of ether oxygens (including phenoxy) is 1. The van der Waals surface area contributed by atoms with Crippen LogP contribution in [-0.2, 0) is 21.2 Å². The van der Waals surface area contributed by atoms with Crippen LogP contribution >= 0.6 is 0 Å². The fourth-order valence-corrected chi connectivity index (χ4v) is 2.38. The monoisotopic (exact) mass is 275 g/mol. The minimum Gasteiger partial charge on any atom is -0.381 e. The van der Waals surface area contributed by atoms with Crippen molar-refractivity contribution in [2.75, 3.05) is 19.8 Å². The van der Waals surface area contributed by atoms with E-state index >= 15 is 0 Å². The first-order valence-electron chi connectivity index (χ1n) is 6.21. The highest BCUT2D eigenvalue weighted by Gasteiger charge is 2.15. The number of nitrogens with zero attached hydrogens (tertiary/aromatic N) is 1. The third-order valence-corrected chi connectivity index (χ3v) is 3.71. The van der Waals surface area contributed by atoms with E-state index in [4.69, 9.17) is 4.74 Å². The van der Waals surface area contributed by atoms with Crippen LogP contribution < -0.4 is 4.72 Å². The first-order chi connectivity index (χ1) is 8.60. The molecule has 0 aliphatic heterocycles. The summed E-state index contributed by atoms with van der Waals surface area (Å²) in [5, 5.41) is 0.119. The number of rotatable bonds is 9. The van der Waals surface area contributed by atoms with Crippen LogP contribution in [0.3, 0.4) is 0 Å². The molecule has 0 fully saturated rings. The van der Waals surface area contributed by atoms with Crippen molar-refractivity contribution in [3.05, 3.63) is 12.0 Å². The standard InChI is InChI=1S/C11H21N3O3S/c1-3-7-17-8-5-6-13-18(15,16)11-9-12-10(4-2)14-11/h9,13H,3-8H2,1-2H3,(H,12,14). The average Bonchev–Trinajstić information content (AvgIpc) is 2.83. The topological polar surface area (TPSA) is 84.1 Å². The molecule has 0 saturated heterocycles. The molecule has 0 spiro atoms. The number of aromatic nitrogens is 2. The largest absolute Gasteiger partial charge is 0.381 e. The SMILES string of the molecule is CCCOCCCNS(=O)(=O)c1cnc(CC)[nH]1. The Hall–Kier alpha value is -0.920. The summed E-state index contributed by atoms with van der Waals surface area (Å²) in [6.45, 7) is 5.60. The van der Waals surface area contributed by atoms with Crippen molar-refractivity contribution in [1.29, 1.82) is 0 Å². The first kappa shape index (κ1) is 15.1. The van der Waals surface area contributed by atoms with Gasteiger partial charge in [-0.1, -0.05) is 13.8 Å². The number of H-pyrrole nitrogens is 1. The predicted octanol–water partition coefficient (Wildman–Crippen LogP) is 1.07. The quantitative estimate of drug-likeness (QED) is 0.660. The Balaban J connectivity index is 2.36. The minimum atomic E-state index is -3.47. The molecule has 0 bridgehead atoms. The minimum absolute atomic E-state index is 0.119. The molecule has 2 N–H and O–H groups in total. The zero-order valence-electron chi connectivity index (χ0n) is 10.9. The number of aromatic amines is 1. The summed E-state index contributed by atoms with van der Waals surface area (Å²) in [6.07, 6.45) is 3.66. The summed E-state index contributed by atoms with van der Waals surface area (Å²) >= 11 is 0. The molecule has 0 aliphatic carbocycles. The molecule has 1 rings (SSSR count).